The molecule has 1 aromatic carbocycles. The van der Waals surface area contributed by atoms with Crippen LogP contribution in [0.5, 0.6) is 5.75 Å². The highest BCUT2D eigenvalue weighted by Gasteiger charge is 2.24. The van der Waals surface area contributed by atoms with Crippen molar-refractivity contribution in [3.8, 4) is 5.75 Å². The second-order valence-electron chi connectivity index (χ2n) is 4.28. The first-order valence-corrected chi connectivity index (χ1v) is 6.50. The molecule has 3 heteroatoms. The van der Waals surface area contributed by atoms with E-state index in [0.29, 0.717) is 5.92 Å². The molecule has 0 fully saturated rings. The van der Waals surface area contributed by atoms with E-state index in [4.69, 9.17) is 10.5 Å². The first-order valence-electron chi connectivity index (χ1n) is 5.62. The lowest BCUT2D eigenvalue weighted by Gasteiger charge is -2.22. The average molecular weight is 233 g/mol. The lowest BCUT2D eigenvalue weighted by molar-refractivity contribution is 0.408. The smallest absolute Gasteiger partial charge is 0.122 e. The van der Waals surface area contributed by atoms with Crippen LogP contribution in [-0.4, -0.2) is 13.7 Å². The maximum atomic E-state index is 5.84. The maximum absolute atomic E-state index is 5.84. The summed E-state index contributed by atoms with van der Waals surface area (Å²) in [6.07, 6.45) is 2.24. The fourth-order valence-electron chi connectivity index (χ4n) is 2.67. The number of benzene rings is 1. The summed E-state index contributed by atoms with van der Waals surface area (Å²) >= 11 is 1.82. The summed E-state index contributed by atoms with van der Waals surface area (Å²) in [6.45, 7) is 0.752. The van der Waals surface area contributed by atoms with E-state index < -0.39 is 0 Å². The number of ether oxygens (including phenoxy) is 1. The summed E-state index contributed by atoms with van der Waals surface area (Å²) < 4.78 is 6.81. The number of rotatable bonds is 2. The number of methoxy groups -OCH3 is 1. The lowest BCUT2D eigenvalue weighted by Crippen LogP contribution is -2.16. The van der Waals surface area contributed by atoms with Crippen molar-refractivity contribution in [2.75, 3.05) is 13.7 Å². The third kappa shape index (κ3) is 1.28. The Balaban J connectivity index is 2.31. The molecule has 84 valence electrons. The van der Waals surface area contributed by atoms with Crippen LogP contribution in [0.2, 0.25) is 0 Å². The molecule has 1 aromatic heterocycles. The largest absolute Gasteiger partial charge is 0.496 e. The van der Waals surface area contributed by atoms with Crippen molar-refractivity contribution in [1.29, 1.82) is 0 Å². The highest BCUT2D eigenvalue weighted by Crippen LogP contribution is 2.43. The van der Waals surface area contributed by atoms with Crippen LogP contribution in [0.15, 0.2) is 17.5 Å². The van der Waals surface area contributed by atoms with Crippen LogP contribution in [-0.2, 0) is 6.42 Å². The van der Waals surface area contributed by atoms with Gasteiger partial charge in [-0.15, -0.1) is 11.3 Å². The Morgan fingerprint density at radius 3 is 3.12 bits per heavy atom. The Morgan fingerprint density at radius 1 is 1.50 bits per heavy atom. The predicted molar refractivity (Wildman–Crippen MR) is 68.5 cm³/mol. The number of nitrogens with two attached hydrogens (primary N) is 1. The molecule has 0 saturated heterocycles. The van der Waals surface area contributed by atoms with Gasteiger partial charge in [0.15, 0.2) is 0 Å². The van der Waals surface area contributed by atoms with Gasteiger partial charge >= 0.3 is 0 Å². The fraction of sp³-hybridized carbons (Fsp3) is 0.385. The number of aryl methyl sites for hydroxylation is 1. The summed E-state index contributed by atoms with van der Waals surface area (Å²) in [5, 5.41) is 3.68. The van der Waals surface area contributed by atoms with Crippen LogP contribution < -0.4 is 10.5 Å². The van der Waals surface area contributed by atoms with Gasteiger partial charge in [0.05, 0.1) is 7.11 Å². The summed E-state index contributed by atoms with van der Waals surface area (Å²) in [4.78, 5) is 0. The third-order valence-electron chi connectivity index (χ3n) is 3.52. The van der Waals surface area contributed by atoms with Gasteiger partial charge in [0.2, 0.25) is 0 Å². The van der Waals surface area contributed by atoms with Gasteiger partial charge in [-0.1, -0.05) is 0 Å². The summed E-state index contributed by atoms with van der Waals surface area (Å²) in [7, 11) is 1.75. The number of hydrogen-bond donors (Lipinski definition) is 1. The molecule has 2 nitrogen and oxygen atoms in total. The molecule has 16 heavy (non-hydrogen) atoms. The zero-order chi connectivity index (χ0) is 11.1. The average Bonchev–Trinajstić information content (AvgIpc) is 2.76. The van der Waals surface area contributed by atoms with Gasteiger partial charge in [0.25, 0.3) is 0 Å². The normalized spacial score (nSPS) is 19.0. The van der Waals surface area contributed by atoms with E-state index in [1.165, 1.54) is 21.2 Å². The molecule has 2 aromatic rings. The molecule has 1 aliphatic carbocycles. The quantitative estimate of drug-likeness (QED) is 0.865. The zero-order valence-corrected chi connectivity index (χ0v) is 10.1. The topological polar surface area (TPSA) is 35.2 Å². The minimum absolute atomic E-state index is 0.536. The monoisotopic (exact) mass is 233 g/mol. The molecular formula is C13H15NOS. The standard InChI is InChI=1S/C13H15NOS/c1-15-11-4-5-12-13-9(11)3-2-8(6-14)10(13)7-16-12/h4-5,7-8H,2-3,6,14H2,1H3. The Bertz CT molecular complexity index is 532. The van der Waals surface area contributed by atoms with Gasteiger partial charge in [-0.25, -0.2) is 0 Å². The minimum Gasteiger partial charge on any atom is -0.496 e. The van der Waals surface area contributed by atoms with Crippen molar-refractivity contribution >= 4 is 21.4 Å². The Morgan fingerprint density at radius 2 is 2.38 bits per heavy atom. The highest BCUT2D eigenvalue weighted by molar-refractivity contribution is 7.17. The summed E-state index contributed by atoms with van der Waals surface area (Å²) in [6, 6.07) is 4.24. The first-order chi connectivity index (χ1) is 7.85. The van der Waals surface area contributed by atoms with E-state index in [9.17, 15) is 0 Å². The SMILES string of the molecule is COc1ccc2scc3c2c1CCC3CN. The molecule has 1 heterocycles. The van der Waals surface area contributed by atoms with Gasteiger partial charge in [-0.05, 0) is 48.4 Å². The van der Waals surface area contributed by atoms with E-state index >= 15 is 0 Å². The second-order valence-corrected chi connectivity index (χ2v) is 5.19. The molecule has 2 N–H and O–H groups in total. The zero-order valence-electron chi connectivity index (χ0n) is 9.32. The second kappa shape index (κ2) is 3.75. The molecule has 0 amide bonds. The molecular weight excluding hydrogens is 218 g/mol. The lowest BCUT2D eigenvalue weighted by atomic mass is 9.84. The predicted octanol–water partition coefficient (Wildman–Crippen LogP) is 2.90. The van der Waals surface area contributed by atoms with E-state index in [2.05, 4.69) is 17.5 Å². The first kappa shape index (κ1) is 10.1. The third-order valence-corrected chi connectivity index (χ3v) is 4.49. The molecule has 0 spiro atoms. The van der Waals surface area contributed by atoms with Gasteiger partial charge in [0.1, 0.15) is 5.75 Å². The number of hydrogen-bond acceptors (Lipinski definition) is 3. The number of thiophene rings is 1. The molecule has 1 aliphatic rings. The molecule has 0 radical (unpaired) electrons. The van der Waals surface area contributed by atoms with E-state index in [0.717, 1.165) is 25.1 Å². The summed E-state index contributed by atoms with van der Waals surface area (Å²) in [5.41, 5.74) is 8.65. The maximum Gasteiger partial charge on any atom is 0.122 e. The fourth-order valence-corrected chi connectivity index (χ4v) is 3.74. The van der Waals surface area contributed by atoms with Crippen molar-refractivity contribution in [1.82, 2.24) is 0 Å². The van der Waals surface area contributed by atoms with Crippen molar-refractivity contribution in [2.24, 2.45) is 5.73 Å². The highest BCUT2D eigenvalue weighted by atomic mass is 32.1. The van der Waals surface area contributed by atoms with E-state index in [1.807, 2.05) is 11.3 Å². The van der Waals surface area contributed by atoms with Gasteiger partial charge in [-0.2, -0.15) is 0 Å². The Kier molecular flexibility index (Phi) is 2.37. The van der Waals surface area contributed by atoms with Crippen LogP contribution in [0.3, 0.4) is 0 Å². The molecule has 1 unspecified atom stereocenters. The van der Waals surface area contributed by atoms with Crippen LogP contribution in [0.25, 0.3) is 10.1 Å². The van der Waals surface area contributed by atoms with Gasteiger partial charge in [-0.3, -0.25) is 0 Å². The summed E-state index contributed by atoms with van der Waals surface area (Å²) in [5.74, 6) is 1.57. The van der Waals surface area contributed by atoms with Crippen molar-refractivity contribution in [3.05, 3.63) is 28.6 Å². The van der Waals surface area contributed by atoms with Crippen LogP contribution in [0.4, 0.5) is 0 Å². The van der Waals surface area contributed by atoms with Gasteiger partial charge in [0, 0.05) is 15.6 Å². The van der Waals surface area contributed by atoms with Crippen LogP contribution in [0.1, 0.15) is 23.5 Å². The molecule has 1 atom stereocenters. The van der Waals surface area contributed by atoms with Crippen molar-refractivity contribution in [2.45, 2.75) is 18.8 Å². The van der Waals surface area contributed by atoms with E-state index in [-0.39, 0.29) is 0 Å². The van der Waals surface area contributed by atoms with Gasteiger partial charge < -0.3 is 10.5 Å². The van der Waals surface area contributed by atoms with Crippen molar-refractivity contribution in [3.63, 3.8) is 0 Å². The molecule has 0 saturated carbocycles. The minimum atomic E-state index is 0.536. The van der Waals surface area contributed by atoms with Crippen molar-refractivity contribution < 1.29 is 4.74 Å². The van der Waals surface area contributed by atoms with Crippen LogP contribution >= 0.6 is 11.3 Å². The van der Waals surface area contributed by atoms with E-state index in [1.54, 1.807) is 7.11 Å². The molecule has 0 bridgehead atoms. The van der Waals surface area contributed by atoms with Crippen LogP contribution in [0, 0.1) is 0 Å². The molecule has 0 aliphatic heterocycles. The Hall–Kier alpha value is -1.06. The molecule has 3 rings (SSSR count). The Labute approximate surface area is 99.0 Å².